The van der Waals surface area contributed by atoms with E-state index in [0.29, 0.717) is 17.5 Å². The average Bonchev–Trinajstić information content (AvgIpc) is 3.36. The standard InChI is InChI=1S/C33H20BrN3O/c34-25-14-7-13-24(20-25)33-36-31(21-9-2-1-3-10-21)35-32(37-33)23-12-6-11-22(19-23)26-16-8-17-28-27-15-4-5-18-29(27)38-30(26)28/h1-20H. The Kier molecular flexibility index (Phi) is 5.56. The topological polar surface area (TPSA) is 51.8 Å². The van der Waals surface area contributed by atoms with E-state index in [0.717, 1.165) is 54.2 Å². The smallest absolute Gasteiger partial charge is 0.164 e. The molecule has 0 unspecified atom stereocenters. The van der Waals surface area contributed by atoms with Crippen molar-refractivity contribution in [3.8, 4) is 45.3 Å². The molecule has 0 radical (unpaired) electrons. The Morgan fingerprint density at radius 2 is 1.05 bits per heavy atom. The van der Waals surface area contributed by atoms with Gasteiger partial charge in [-0.25, -0.2) is 15.0 Å². The molecule has 5 heteroatoms. The average molecular weight is 554 g/mol. The molecule has 4 nitrogen and oxygen atoms in total. The Balaban J connectivity index is 1.40. The first-order valence-electron chi connectivity index (χ1n) is 12.3. The first-order chi connectivity index (χ1) is 18.7. The second-order valence-corrected chi connectivity index (χ2v) is 9.96. The highest BCUT2D eigenvalue weighted by atomic mass is 79.9. The Hall–Kier alpha value is -4.61. The molecule has 7 aromatic rings. The van der Waals surface area contributed by atoms with Crippen molar-refractivity contribution in [1.82, 2.24) is 15.0 Å². The van der Waals surface area contributed by atoms with Crippen LogP contribution in [0.1, 0.15) is 0 Å². The molecule has 0 N–H and O–H groups in total. The van der Waals surface area contributed by atoms with Crippen molar-refractivity contribution in [2.24, 2.45) is 0 Å². The molecular weight excluding hydrogens is 534 g/mol. The summed E-state index contributed by atoms with van der Waals surface area (Å²) in [4.78, 5) is 14.6. The van der Waals surface area contributed by atoms with Gasteiger partial charge in [0, 0.05) is 37.5 Å². The lowest BCUT2D eigenvalue weighted by atomic mass is 10.00. The lowest BCUT2D eigenvalue weighted by Gasteiger charge is -2.10. The number of fused-ring (bicyclic) bond motifs is 3. The van der Waals surface area contributed by atoms with Gasteiger partial charge in [-0.05, 0) is 29.8 Å². The van der Waals surface area contributed by atoms with Gasteiger partial charge in [-0.15, -0.1) is 0 Å². The molecule has 2 heterocycles. The molecular formula is C33H20BrN3O. The van der Waals surface area contributed by atoms with Crippen LogP contribution in [0.3, 0.4) is 0 Å². The van der Waals surface area contributed by atoms with Gasteiger partial charge in [0.1, 0.15) is 11.2 Å². The molecule has 0 atom stereocenters. The van der Waals surface area contributed by atoms with Crippen LogP contribution < -0.4 is 0 Å². The predicted molar refractivity (Wildman–Crippen MR) is 157 cm³/mol. The van der Waals surface area contributed by atoms with Gasteiger partial charge in [0.05, 0.1) is 0 Å². The minimum atomic E-state index is 0.618. The van der Waals surface area contributed by atoms with Crippen LogP contribution in [0.2, 0.25) is 0 Å². The maximum absolute atomic E-state index is 6.30. The highest BCUT2D eigenvalue weighted by molar-refractivity contribution is 9.10. The van der Waals surface area contributed by atoms with Crippen LogP contribution in [-0.4, -0.2) is 15.0 Å². The molecule has 0 bridgehead atoms. The SMILES string of the molecule is Brc1cccc(-c2nc(-c3ccccc3)nc(-c3cccc(-c4cccc5c4oc4ccccc45)c3)n2)c1. The van der Waals surface area contributed by atoms with Crippen LogP contribution in [0.15, 0.2) is 130 Å². The number of halogens is 1. The van der Waals surface area contributed by atoms with Crippen molar-refractivity contribution < 1.29 is 4.42 Å². The second-order valence-electron chi connectivity index (χ2n) is 9.04. The van der Waals surface area contributed by atoms with E-state index < -0.39 is 0 Å². The van der Waals surface area contributed by atoms with Crippen LogP contribution in [-0.2, 0) is 0 Å². The number of hydrogen-bond acceptors (Lipinski definition) is 4. The Bertz CT molecular complexity index is 1950. The predicted octanol–water partition coefficient (Wildman–Crippen LogP) is 9.20. The van der Waals surface area contributed by atoms with Crippen molar-refractivity contribution in [1.29, 1.82) is 0 Å². The zero-order chi connectivity index (χ0) is 25.5. The molecule has 0 spiro atoms. The van der Waals surface area contributed by atoms with E-state index >= 15 is 0 Å². The summed E-state index contributed by atoms with van der Waals surface area (Å²) in [6.07, 6.45) is 0. The van der Waals surface area contributed by atoms with Gasteiger partial charge in [-0.3, -0.25) is 0 Å². The first-order valence-corrected chi connectivity index (χ1v) is 13.1. The van der Waals surface area contributed by atoms with Gasteiger partial charge in [-0.2, -0.15) is 0 Å². The Morgan fingerprint density at radius 3 is 1.84 bits per heavy atom. The van der Waals surface area contributed by atoms with Crippen molar-refractivity contribution in [2.75, 3.05) is 0 Å². The molecule has 0 aliphatic rings. The van der Waals surface area contributed by atoms with E-state index in [4.69, 9.17) is 19.4 Å². The molecule has 38 heavy (non-hydrogen) atoms. The Labute approximate surface area is 227 Å². The first kappa shape index (κ1) is 22.6. The molecule has 7 rings (SSSR count). The molecule has 0 saturated heterocycles. The largest absolute Gasteiger partial charge is 0.455 e. The summed E-state index contributed by atoms with van der Waals surface area (Å²) in [5, 5.41) is 2.22. The minimum Gasteiger partial charge on any atom is -0.455 e. The molecule has 5 aromatic carbocycles. The summed E-state index contributed by atoms with van der Waals surface area (Å²) in [5.41, 5.74) is 6.60. The zero-order valence-electron chi connectivity index (χ0n) is 20.2. The number of benzene rings is 5. The van der Waals surface area contributed by atoms with Crippen LogP contribution in [0.5, 0.6) is 0 Å². The summed E-state index contributed by atoms with van der Waals surface area (Å²) in [5.74, 6) is 1.88. The van der Waals surface area contributed by atoms with Crippen LogP contribution >= 0.6 is 15.9 Å². The molecule has 0 aliphatic carbocycles. The van der Waals surface area contributed by atoms with Gasteiger partial charge < -0.3 is 4.42 Å². The fourth-order valence-electron chi connectivity index (χ4n) is 4.78. The van der Waals surface area contributed by atoms with E-state index in [2.05, 4.69) is 52.3 Å². The third-order valence-corrected chi connectivity index (χ3v) is 7.08. The Morgan fingerprint density at radius 1 is 0.474 bits per heavy atom. The number of rotatable bonds is 4. The maximum atomic E-state index is 6.30. The summed E-state index contributed by atoms with van der Waals surface area (Å²) >= 11 is 3.57. The quantitative estimate of drug-likeness (QED) is 0.218. The normalized spacial score (nSPS) is 11.3. The van der Waals surface area contributed by atoms with Gasteiger partial charge in [0.15, 0.2) is 17.5 Å². The molecule has 0 saturated carbocycles. The van der Waals surface area contributed by atoms with Crippen LogP contribution in [0.25, 0.3) is 67.2 Å². The molecule has 180 valence electrons. The van der Waals surface area contributed by atoms with Crippen LogP contribution in [0.4, 0.5) is 0 Å². The molecule has 0 fully saturated rings. The third kappa shape index (κ3) is 4.07. The monoisotopic (exact) mass is 553 g/mol. The van der Waals surface area contributed by atoms with Gasteiger partial charge >= 0.3 is 0 Å². The van der Waals surface area contributed by atoms with Crippen LogP contribution in [0, 0.1) is 0 Å². The highest BCUT2D eigenvalue weighted by Gasteiger charge is 2.15. The summed E-state index contributed by atoms with van der Waals surface area (Å²) in [6, 6.07) is 40.7. The van der Waals surface area contributed by atoms with Crippen molar-refractivity contribution in [3.05, 3.63) is 126 Å². The lowest BCUT2D eigenvalue weighted by Crippen LogP contribution is -2.00. The highest BCUT2D eigenvalue weighted by Crippen LogP contribution is 2.37. The molecule has 2 aromatic heterocycles. The van der Waals surface area contributed by atoms with E-state index in [1.54, 1.807) is 0 Å². The van der Waals surface area contributed by atoms with Gasteiger partial charge in [0.2, 0.25) is 0 Å². The van der Waals surface area contributed by atoms with E-state index in [-0.39, 0.29) is 0 Å². The lowest BCUT2D eigenvalue weighted by molar-refractivity contribution is 0.670. The van der Waals surface area contributed by atoms with E-state index in [9.17, 15) is 0 Å². The second kappa shape index (κ2) is 9.36. The number of para-hydroxylation sites is 2. The van der Waals surface area contributed by atoms with Gasteiger partial charge in [-0.1, -0.05) is 113 Å². The van der Waals surface area contributed by atoms with Crippen molar-refractivity contribution >= 4 is 37.9 Å². The van der Waals surface area contributed by atoms with E-state index in [1.165, 1.54) is 0 Å². The van der Waals surface area contributed by atoms with E-state index in [1.807, 2.05) is 84.9 Å². The number of aromatic nitrogens is 3. The van der Waals surface area contributed by atoms with Gasteiger partial charge in [0.25, 0.3) is 0 Å². The summed E-state index contributed by atoms with van der Waals surface area (Å²) in [6.45, 7) is 0. The summed E-state index contributed by atoms with van der Waals surface area (Å²) in [7, 11) is 0. The molecule has 0 aliphatic heterocycles. The van der Waals surface area contributed by atoms with Crippen molar-refractivity contribution in [2.45, 2.75) is 0 Å². The third-order valence-electron chi connectivity index (χ3n) is 6.59. The number of nitrogens with zero attached hydrogens (tertiary/aromatic N) is 3. The minimum absolute atomic E-state index is 0.618. The number of furan rings is 1. The fraction of sp³-hybridized carbons (Fsp3) is 0. The molecule has 0 amide bonds. The summed E-state index contributed by atoms with van der Waals surface area (Å²) < 4.78 is 7.27. The number of hydrogen-bond donors (Lipinski definition) is 0. The van der Waals surface area contributed by atoms with Crippen molar-refractivity contribution in [3.63, 3.8) is 0 Å². The maximum Gasteiger partial charge on any atom is 0.164 e. The fourth-order valence-corrected chi connectivity index (χ4v) is 5.18. The zero-order valence-corrected chi connectivity index (χ0v) is 21.8.